The fraction of sp³-hybridized carbons (Fsp3) is 0.295. The maximum absolute atomic E-state index is 13.9. The highest BCUT2D eigenvalue weighted by Gasteiger charge is 2.34. The number of hydrogen-bond donors (Lipinski definition) is 4. The van der Waals surface area contributed by atoms with Gasteiger partial charge in [-0.3, -0.25) is 9.69 Å². The molecule has 5 aromatic carbocycles. The second-order valence-corrected chi connectivity index (χ2v) is 15.9. The summed E-state index contributed by atoms with van der Waals surface area (Å²) in [6.07, 6.45) is -1.45. The molecule has 0 unspecified atom stereocenters. The van der Waals surface area contributed by atoms with Crippen LogP contribution in [0.4, 0.5) is 5.69 Å². The summed E-state index contributed by atoms with van der Waals surface area (Å²) in [6.45, 7) is 4.30. The largest absolute Gasteiger partial charge is 0.392 e. The predicted molar refractivity (Wildman–Crippen MR) is 212 cm³/mol. The zero-order valence-corrected chi connectivity index (χ0v) is 32.1. The number of sulfonamides is 1. The minimum Gasteiger partial charge on any atom is -0.392 e. The van der Waals surface area contributed by atoms with E-state index in [0.29, 0.717) is 24.2 Å². The molecule has 0 bridgehead atoms. The van der Waals surface area contributed by atoms with E-state index in [-0.39, 0.29) is 36.2 Å². The number of rotatable bonds is 15. The number of aryl methyl sites for hydroxylation is 1. The number of likely N-dealkylation sites (N-methyl/N-ethyl adjacent to an activating group) is 1. The van der Waals surface area contributed by atoms with E-state index in [1.807, 2.05) is 112 Å². The number of anilines is 1. The molecule has 1 amide bonds. The highest BCUT2D eigenvalue weighted by Crippen LogP contribution is 2.39. The van der Waals surface area contributed by atoms with Crippen molar-refractivity contribution in [2.45, 2.75) is 74.9 Å². The first-order chi connectivity index (χ1) is 26.5. The lowest BCUT2D eigenvalue weighted by Crippen LogP contribution is -2.45. The molecule has 1 aliphatic heterocycles. The van der Waals surface area contributed by atoms with Gasteiger partial charge in [0, 0.05) is 30.3 Å². The highest BCUT2D eigenvalue weighted by molar-refractivity contribution is 7.89. The van der Waals surface area contributed by atoms with Crippen LogP contribution in [-0.2, 0) is 37.3 Å². The molecule has 288 valence electrons. The zero-order chi connectivity index (χ0) is 39.0. The van der Waals surface area contributed by atoms with Gasteiger partial charge in [-0.2, -0.15) is 4.72 Å². The molecule has 6 rings (SSSR count). The smallest absolute Gasteiger partial charge is 0.242 e. The lowest BCUT2D eigenvalue weighted by atomic mass is 9.98. The molecule has 0 aliphatic carbocycles. The minimum absolute atomic E-state index is 0.0648. The maximum atomic E-state index is 13.9. The second kappa shape index (κ2) is 18.3. The van der Waals surface area contributed by atoms with E-state index < -0.39 is 34.4 Å². The van der Waals surface area contributed by atoms with Crippen molar-refractivity contribution in [1.29, 1.82) is 0 Å². The Kier molecular flexibility index (Phi) is 13.3. The first kappa shape index (κ1) is 40.0. The van der Waals surface area contributed by atoms with Gasteiger partial charge in [0.1, 0.15) is 6.04 Å². The third-order valence-corrected chi connectivity index (χ3v) is 11.5. The predicted octanol–water partition coefficient (Wildman–Crippen LogP) is 6.61. The van der Waals surface area contributed by atoms with Gasteiger partial charge < -0.3 is 25.0 Å². The summed E-state index contributed by atoms with van der Waals surface area (Å²) in [5, 5.41) is 23.7. The average Bonchev–Trinajstić information content (AvgIpc) is 3.20. The monoisotopic (exact) mass is 763 g/mol. The molecule has 1 saturated heterocycles. The molecule has 1 heterocycles. The molecule has 1 fully saturated rings. The number of ether oxygens (including phenoxy) is 2. The molecule has 1 aliphatic rings. The molecule has 0 radical (unpaired) electrons. The summed E-state index contributed by atoms with van der Waals surface area (Å²) in [6, 6.07) is 38.8. The fourth-order valence-electron chi connectivity index (χ4n) is 6.69. The zero-order valence-electron chi connectivity index (χ0n) is 31.3. The molecule has 4 N–H and O–H groups in total. The summed E-state index contributed by atoms with van der Waals surface area (Å²) in [7, 11) is -2.06. The summed E-state index contributed by atoms with van der Waals surface area (Å²) in [5.41, 5.74) is 5.40. The molecule has 0 spiro atoms. The SMILES string of the molecule is Cc1ccc(S(=O)(=O)N[C@H](Cc2ccccc2)C(=O)Nc2cccc([C@@H]3O[C@H](CN(C)[C@@H](C)[C@H](O)c4ccccc4)C[C@H](c4ccc(CO)cc4)O3)c2)cc1. The number of carbonyl (C=O) groups is 1. The maximum Gasteiger partial charge on any atom is 0.242 e. The van der Waals surface area contributed by atoms with E-state index in [0.717, 1.165) is 27.8 Å². The van der Waals surface area contributed by atoms with Crippen molar-refractivity contribution < 1.29 is 32.9 Å². The van der Waals surface area contributed by atoms with Crippen molar-refractivity contribution in [2.24, 2.45) is 0 Å². The number of aliphatic hydroxyl groups is 2. The summed E-state index contributed by atoms with van der Waals surface area (Å²) in [5.74, 6) is -0.519. The Balaban J connectivity index is 1.22. The van der Waals surface area contributed by atoms with Crippen LogP contribution in [0.25, 0.3) is 0 Å². The van der Waals surface area contributed by atoms with Gasteiger partial charge in [0.2, 0.25) is 15.9 Å². The van der Waals surface area contributed by atoms with Gasteiger partial charge in [0.25, 0.3) is 0 Å². The van der Waals surface area contributed by atoms with Crippen LogP contribution in [0.2, 0.25) is 0 Å². The number of nitrogens with zero attached hydrogens (tertiary/aromatic N) is 1. The molecule has 55 heavy (non-hydrogen) atoms. The molecular formula is C44H49N3O7S. The molecular weight excluding hydrogens is 715 g/mol. The first-order valence-electron chi connectivity index (χ1n) is 18.5. The summed E-state index contributed by atoms with van der Waals surface area (Å²) < 4.78 is 42.7. The van der Waals surface area contributed by atoms with Crippen molar-refractivity contribution in [3.05, 3.63) is 167 Å². The van der Waals surface area contributed by atoms with Crippen LogP contribution >= 0.6 is 0 Å². The van der Waals surface area contributed by atoms with E-state index in [2.05, 4.69) is 14.9 Å². The van der Waals surface area contributed by atoms with Crippen LogP contribution in [0.1, 0.15) is 65.2 Å². The van der Waals surface area contributed by atoms with Gasteiger partial charge in [0.05, 0.1) is 29.8 Å². The van der Waals surface area contributed by atoms with E-state index in [9.17, 15) is 23.4 Å². The number of hydrogen-bond acceptors (Lipinski definition) is 8. The van der Waals surface area contributed by atoms with Crippen LogP contribution in [0.15, 0.2) is 138 Å². The third kappa shape index (κ3) is 10.5. The van der Waals surface area contributed by atoms with Gasteiger partial charge >= 0.3 is 0 Å². The van der Waals surface area contributed by atoms with Crippen LogP contribution in [0, 0.1) is 6.92 Å². The van der Waals surface area contributed by atoms with Crippen molar-refractivity contribution >= 4 is 21.6 Å². The number of aliphatic hydroxyl groups excluding tert-OH is 2. The van der Waals surface area contributed by atoms with Gasteiger partial charge in [0.15, 0.2) is 6.29 Å². The van der Waals surface area contributed by atoms with Crippen LogP contribution in [-0.4, -0.2) is 61.2 Å². The molecule has 11 heteroatoms. The van der Waals surface area contributed by atoms with E-state index in [4.69, 9.17) is 9.47 Å². The Morgan fingerprint density at radius 2 is 1.51 bits per heavy atom. The van der Waals surface area contributed by atoms with E-state index in [1.54, 1.807) is 30.3 Å². The normalized spacial score (nSPS) is 19.1. The molecule has 10 nitrogen and oxygen atoms in total. The topological polar surface area (TPSA) is 137 Å². The van der Waals surface area contributed by atoms with Crippen molar-refractivity contribution in [3.8, 4) is 0 Å². The lowest BCUT2D eigenvalue weighted by Gasteiger charge is -2.39. The number of amides is 1. The Labute approximate surface area is 323 Å². The molecule has 6 atom stereocenters. The van der Waals surface area contributed by atoms with Crippen molar-refractivity contribution in [3.63, 3.8) is 0 Å². The lowest BCUT2D eigenvalue weighted by molar-refractivity contribution is -0.253. The molecule has 0 saturated carbocycles. The quantitative estimate of drug-likeness (QED) is 0.0935. The first-order valence-corrected chi connectivity index (χ1v) is 19.9. The highest BCUT2D eigenvalue weighted by atomic mass is 32.2. The van der Waals surface area contributed by atoms with Crippen LogP contribution < -0.4 is 10.0 Å². The summed E-state index contributed by atoms with van der Waals surface area (Å²) in [4.78, 5) is 16.1. The Bertz CT molecular complexity index is 2100. The number of nitrogens with one attached hydrogen (secondary N) is 2. The fourth-order valence-corrected chi connectivity index (χ4v) is 7.89. The van der Waals surface area contributed by atoms with Gasteiger partial charge in [-0.15, -0.1) is 0 Å². The second-order valence-electron chi connectivity index (χ2n) is 14.2. The minimum atomic E-state index is -4.02. The standard InChI is InChI=1S/C44H49N3O7S/c1-30-17-23-39(24-18-30)55(51,52)46-40(25-32-11-6-4-7-12-32)43(50)45-37-16-10-15-36(26-37)44-53-38(27-41(54-44)34-21-19-33(29-48)20-22-34)28-47(3)31(2)42(49)35-13-8-5-9-14-35/h4-24,26,31,38,40-42,44,46,48-49H,25,27-29H2,1-3H3,(H,45,50)/t31-,38-,40+,41+,42-,44+/m0/s1. The van der Waals surface area contributed by atoms with Gasteiger partial charge in [-0.25, -0.2) is 8.42 Å². The average molecular weight is 764 g/mol. The van der Waals surface area contributed by atoms with Crippen molar-refractivity contribution in [2.75, 3.05) is 18.9 Å². The Morgan fingerprint density at radius 3 is 2.18 bits per heavy atom. The molecule has 0 aromatic heterocycles. The van der Waals surface area contributed by atoms with E-state index >= 15 is 0 Å². The van der Waals surface area contributed by atoms with Gasteiger partial charge in [-0.1, -0.05) is 115 Å². The van der Waals surface area contributed by atoms with Gasteiger partial charge in [-0.05, 0) is 73.8 Å². The summed E-state index contributed by atoms with van der Waals surface area (Å²) >= 11 is 0. The number of benzene rings is 5. The van der Waals surface area contributed by atoms with Crippen LogP contribution in [0.5, 0.6) is 0 Å². The van der Waals surface area contributed by atoms with E-state index in [1.165, 1.54) is 12.1 Å². The molecule has 5 aromatic rings. The van der Waals surface area contributed by atoms with Crippen molar-refractivity contribution in [1.82, 2.24) is 9.62 Å². The number of carbonyl (C=O) groups excluding carboxylic acids is 1. The third-order valence-electron chi connectivity index (χ3n) is 10.1. The Morgan fingerprint density at radius 1 is 0.836 bits per heavy atom. The van der Waals surface area contributed by atoms with Crippen LogP contribution in [0.3, 0.4) is 0 Å². The Hall–Kier alpha value is -4.72.